The van der Waals surface area contributed by atoms with E-state index in [1.54, 1.807) is 18.2 Å². The lowest BCUT2D eigenvalue weighted by Crippen LogP contribution is -2.41. The van der Waals surface area contributed by atoms with Crippen LogP contribution in [0.4, 0.5) is 4.39 Å². The number of hydrogen-bond acceptors (Lipinski definition) is 7. The summed E-state index contributed by atoms with van der Waals surface area (Å²) in [6.07, 6.45) is 1.33. The van der Waals surface area contributed by atoms with Crippen LogP contribution in [-0.2, 0) is 24.1 Å². The highest BCUT2D eigenvalue weighted by Gasteiger charge is 2.52. The minimum absolute atomic E-state index is 0.0161. The van der Waals surface area contributed by atoms with Crippen LogP contribution in [0.2, 0.25) is 0 Å². The average molecular weight is 499 g/mol. The van der Waals surface area contributed by atoms with E-state index in [0.717, 1.165) is 10.0 Å². The standard InChI is InChI=1S/C24H27BFN3O5S/c1-14(27)20(15(2)30)21-19(26)12-17-18(25-33-23(3,4)24(5,6)34-25)13-29(22(17)28-21)35(31,32)16-10-8-7-9-11-16/h7-13H,27H2,1-6H3. The molecule has 0 radical (unpaired) electrons. The summed E-state index contributed by atoms with van der Waals surface area (Å²) < 4.78 is 55.8. The van der Waals surface area contributed by atoms with Crippen molar-refractivity contribution in [3.8, 4) is 0 Å². The van der Waals surface area contributed by atoms with Gasteiger partial charge in [-0.25, -0.2) is 21.8 Å². The van der Waals surface area contributed by atoms with E-state index in [1.165, 1.54) is 32.2 Å². The van der Waals surface area contributed by atoms with Crippen LogP contribution in [0.5, 0.6) is 0 Å². The first-order valence-electron chi connectivity index (χ1n) is 11.0. The molecule has 2 aromatic heterocycles. The van der Waals surface area contributed by atoms with Gasteiger partial charge in [0.2, 0.25) is 0 Å². The number of nitrogens with zero attached hydrogens (tertiary/aromatic N) is 2. The van der Waals surface area contributed by atoms with E-state index in [0.29, 0.717) is 5.46 Å². The van der Waals surface area contributed by atoms with Gasteiger partial charge < -0.3 is 15.0 Å². The third-order valence-electron chi connectivity index (χ3n) is 6.52. The summed E-state index contributed by atoms with van der Waals surface area (Å²) in [4.78, 5) is 16.6. The molecule has 3 aromatic rings. The lowest BCUT2D eigenvalue weighted by Gasteiger charge is -2.32. The SMILES string of the molecule is CC(=O)C(=C(C)N)c1nc2c(cc1F)c(B1OC(C)(C)C(C)(C)O1)cn2S(=O)(=O)c1ccccc1. The van der Waals surface area contributed by atoms with Crippen molar-refractivity contribution in [2.24, 2.45) is 5.73 Å². The Kier molecular flexibility index (Phi) is 5.94. The molecule has 0 unspecified atom stereocenters. The topological polar surface area (TPSA) is 114 Å². The minimum atomic E-state index is -4.14. The number of ketones is 1. The molecule has 1 fully saturated rings. The molecule has 2 N–H and O–H groups in total. The van der Waals surface area contributed by atoms with Crippen LogP contribution in [0.1, 0.15) is 47.2 Å². The lowest BCUT2D eigenvalue weighted by molar-refractivity contribution is -0.111. The van der Waals surface area contributed by atoms with Crippen LogP contribution >= 0.6 is 0 Å². The van der Waals surface area contributed by atoms with Gasteiger partial charge in [-0.2, -0.15) is 0 Å². The number of nitrogens with two attached hydrogens (primary N) is 1. The predicted octanol–water partition coefficient (Wildman–Crippen LogP) is 2.99. The summed E-state index contributed by atoms with van der Waals surface area (Å²) >= 11 is 0. The third kappa shape index (κ3) is 4.07. The molecule has 1 saturated heterocycles. The summed E-state index contributed by atoms with van der Waals surface area (Å²) in [7, 11) is -5.11. The van der Waals surface area contributed by atoms with E-state index in [4.69, 9.17) is 15.0 Å². The van der Waals surface area contributed by atoms with Crippen molar-refractivity contribution in [2.75, 3.05) is 0 Å². The van der Waals surface area contributed by atoms with Gasteiger partial charge in [0.1, 0.15) is 11.5 Å². The number of allylic oxidation sites excluding steroid dienone is 2. The number of Topliss-reactive ketones (excluding diaryl/α,β-unsaturated/α-hetero) is 1. The highest BCUT2D eigenvalue weighted by Crippen LogP contribution is 2.37. The second kappa shape index (κ2) is 8.29. The Morgan fingerprint density at radius 1 is 1.09 bits per heavy atom. The van der Waals surface area contributed by atoms with Crippen LogP contribution in [0.3, 0.4) is 0 Å². The summed E-state index contributed by atoms with van der Waals surface area (Å²) in [5.74, 6) is -1.31. The number of aromatic nitrogens is 2. The first-order chi connectivity index (χ1) is 16.2. The van der Waals surface area contributed by atoms with Crippen LogP contribution < -0.4 is 11.2 Å². The summed E-state index contributed by atoms with van der Waals surface area (Å²) in [6.45, 7) is 10.1. The average Bonchev–Trinajstić information content (AvgIpc) is 3.22. The van der Waals surface area contributed by atoms with Gasteiger partial charge in [0.05, 0.1) is 21.7 Å². The van der Waals surface area contributed by atoms with Crippen molar-refractivity contribution in [3.05, 3.63) is 59.8 Å². The Bertz CT molecular complexity index is 1460. The maximum atomic E-state index is 15.3. The van der Waals surface area contributed by atoms with Crippen LogP contribution in [0, 0.1) is 5.82 Å². The van der Waals surface area contributed by atoms with E-state index in [-0.39, 0.29) is 32.9 Å². The monoisotopic (exact) mass is 499 g/mol. The van der Waals surface area contributed by atoms with Crippen LogP contribution in [0.15, 0.2) is 53.2 Å². The van der Waals surface area contributed by atoms with E-state index in [2.05, 4.69) is 4.98 Å². The molecule has 184 valence electrons. The lowest BCUT2D eigenvalue weighted by atomic mass is 9.79. The van der Waals surface area contributed by atoms with E-state index < -0.39 is 39.9 Å². The zero-order valence-electron chi connectivity index (χ0n) is 20.4. The smallest absolute Gasteiger partial charge is 0.402 e. The van der Waals surface area contributed by atoms with E-state index >= 15 is 4.39 Å². The van der Waals surface area contributed by atoms with Crippen molar-refractivity contribution in [3.63, 3.8) is 0 Å². The highest BCUT2D eigenvalue weighted by molar-refractivity contribution is 7.90. The normalized spacial score (nSPS) is 18.1. The van der Waals surface area contributed by atoms with Gasteiger partial charge in [-0.15, -0.1) is 0 Å². The zero-order valence-corrected chi connectivity index (χ0v) is 21.2. The number of benzene rings is 1. The molecule has 11 heteroatoms. The predicted molar refractivity (Wildman–Crippen MR) is 132 cm³/mol. The molecule has 35 heavy (non-hydrogen) atoms. The van der Waals surface area contributed by atoms with Crippen molar-refractivity contribution in [1.82, 2.24) is 8.96 Å². The Labute approximate surface area is 204 Å². The fraction of sp³-hybridized carbons (Fsp3) is 0.333. The number of hydrogen-bond donors (Lipinski definition) is 1. The second-order valence-electron chi connectivity index (χ2n) is 9.59. The molecular formula is C24H27BFN3O5S. The molecule has 0 atom stereocenters. The van der Waals surface area contributed by atoms with Crippen molar-refractivity contribution >= 4 is 45.0 Å². The van der Waals surface area contributed by atoms with E-state index in [9.17, 15) is 13.2 Å². The second-order valence-corrected chi connectivity index (χ2v) is 11.4. The fourth-order valence-corrected chi connectivity index (χ4v) is 5.32. The van der Waals surface area contributed by atoms with Gasteiger partial charge in [0.15, 0.2) is 11.4 Å². The summed E-state index contributed by atoms with van der Waals surface area (Å²) in [5.41, 5.74) is 4.28. The fourth-order valence-electron chi connectivity index (χ4n) is 3.97. The molecule has 0 spiro atoms. The largest absolute Gasteiger partial charge is 0.497 e. The molecule has 0 saturated carbocycles. The zero-order chi connectivity index (χ0) is 25.9. The van der Waals surface area contributed by atoms with Crippen molar-refractivity contribution in [2.45, 2.75) is 57.6 Å². The first kappa shape index (κ1) is 25.1. The number of carbonyl (C=O) groups is 1. The molecule has 1 aromatic carbocycles. The summed E-state index contributed by atoms with van der Waals surface area (Å²) in [6, 6.07) is 8.93. The molecule has 4 rings (SSSR count). The molecule has 1 aliphatic heterocycles. The molecule has 0 amide bonds. The first-order valence-corrected chi connectivity index (χ1v) is 12.5. The quantitative estimate of drug-likeness (QED) is 0.424. The molecular weight excluding hydrogens is 472 g/mol. The number of rotatable bonds is 5. The minimum Gasteiger partial charge on any atom is -0.402 e. The van der Waals surface area contributed by atoms with Gasteiger partial charge in [0, 0.05) is 22.7 Å². The van der Waals surface area contributed by atoms with E-state index in [1.807, 2.05) is 27.7 Å². The molecule has 3 heterocycles. The van der Waals surface area contributed by atoms with Crippen molar-refractivity contribution < 1.29 is 26.9 Å². The Morgan fingerprint density at radius 3 is 2.17 bits per heavy atom. The van der Waals surface area contributed by atoms with Crippen LogP contribution in [0.25, 0.3) is 16.6 Å². The van der Waals surface area contributed by atoms with Gasteiger partial charge in [0.25, 0.3) is 10.0 Å². The van der Waals surface area contributed by atoms with Crippen LogP contribution in [-0.4, -0.2) is 41.5 Å². The Morgan fingerprint density at radius 2 is 1.66 bits per heavy atom. The maximum Gasteiger partial charge on any atom is 0.497 e. The number of fused-ring (bicyclic) bond motifs is 1. The van der Waals surface area contributed by atoms with Crippen molar-refractivity contribution in [1.29, 1.82) is 0 Å². The molecule has 8 nitrogen and oxygen atoms in total. The number of pyridine rings is 1. The molecule has 0 bridgehead atoms. The number of carbonyl (C=O) groups excluding carboxylic acids is 1. The number of halogens is 1. The third-order valence-corrected chi connectivity index (χ3v) is 8.19. The summed E-state index contributed by atoms with van der Waals surface area (Å²) in [5, 5.41) is 0.182. The molecule has 1 aliphatic rings. The van der Waals surface area contributed by atoms with Gasteiger partial charge >= 0.3 is 7.12 Å². The van der Waals surface area contributed by atoms with Gasteiger partial charge in [-0.05, 0) is 59.7 Å². The maximum absolute atomic E-state index is 15.3. The highest BCUT2D eigenvalue weighted by atomic mass is 32.2. The van der Waals surface area contributed by atoms with Gasteiger partial charge in [-0.1, -0.05) is 18.2 Å². The van der Waals surface area contributed by atoms with Gasteiger partial charge in [-0.3, -0.25) is 4.79 Å². The molecule has 0 aliphatic carbocycles. The Balaban J connectivity index is 2.04. The Hall–Kier alpha value is -3.02.